The number of halogens is 3. The van der Waals surface area contributed by atoms with Crippen LogP contribution < -0.4 is 10.5 Å². The first-order chi connectivity index (χ1) is 7.29. The van der Waals surface area contributed by atoms with Crippen molar-refractivity contribution in [3.8, 4) is 5.75 Å². The third-order valence-electron chi connectivity index (χ3n) is 1.70. The lowest BCUT2D eigenvalue weighted by Crippen LogP contribution is -2.21. The highest BCUT2D eigenvalue weighted by molar-refractivity contribution is 5.80. The average Bonchev–Trinajstić information content (AvgIpc) is 2.15. The lowest BCUT2D eigenvalue weighted by atomic mass is 10.1. The molecule has 1 unspecified atom stereocenters. The number of aliphatic hydroxyl groups is 1. The number of primary amides is 1. The van der Waals surface area contributed by atoms with Crippen LogP contribution in [0.5, 0.6) is 5.75 Å². The van der Waals surface area contributed by atoms with Gasteiger partial charge < -0.3 is 15.6 Å². The van der Waals surface area contributed by atoms with Crippen LogP contribution in [0.2, 0.25) is 0 Å². The van der Waals surface area contributed by atoms with Gasteiger partial charge >= 0.3 is 6.36 Å². The Labute approximate surface area is 88.4 Å². The third-order valence-corrected chi connectivity index (χ3v) is 1.70. The highest BCUT2D eigenvalue weighted by Crippen LogP contribution is 2.24. The molecule has 1 aromatic carbocycles. The molecule has 0 radical (unpaired) electrons. The Bertz CT molecular complexity index is 375. The standard InChI is InChI=1S/C9H8F3NO3/c10-9(11,12)16-6-3-1-5(2-4-6)7(14)8(13)15/h1-4,7,14H,(H2,13,15). The fraction of sp³-hybridized carbons (Fsp3) is 0.222. The van der Waals surface area contributed by atoms with Crippen molar-refractivity contribution in [2.75, 3.05) is 0 Å². The number of rotatable bonds is 3. The molecule has 0 aliphatic heterocycles. The van der Waals surface area contributed by atoms with E-state index in [-0.39, 0.29) is 5.56 Å². The van der Waals surface area contributed by atoms with Crippen LogP contribution in [0.3, 0.4) is 0 Å². The molecular formula is C9H8F3NO3. The summed E-state index contributed by atoms with van der Waals surface area (Å²) < 4.78 is 38.9. The summed E-state index contributed by atoms with van der Waals surface area (Å²) in [6.45, 7) is 0. The van der Waals surface area contributed by atoms with Gasteiger partial charge in [0.1, 0.15) is 5.75 Å². The zero-order valence-electron chi connectivity index (χ0n) is 7.86. The number of carbonyl (C=O) groups is 1. The number of ether oxygens (including phenoxy) is 1. The SMILES string of the molecule is NC(=O)C(O)c1ccc(OC(F)(F)F)cc1. The fourth-order valence-electron chi connectivity index (χ4n) is 1.02. The van der Waals surface area contributed by atoms with Crippen LogP contribution >= 0.6 is 0 Å². The van der Waals surface area contributed by atoms with E-state index in [1.54, 1.807) is 0 Å². The quantitative estimate of drug-likeness (QED) is 0.824. The summed E-state index contributed by atoms with van der Waals surface area (Å²) in [6, 6.07) is 4.21. The summed E-state index contributed by atoms with van der Waals surface area (Å²) in [5, 5.41) is 9.18. The second-order valence-electron chi connectivity index (χ2n) is 2.92. The molecule has 0 aliphatic carbocycles. The molecule has 16 heavy (non-hydrogen) atoms. The van der Waals surface area contributed by atoms with Crippen LogP contribution in [0.4, 0.5) is 13.2 Å². The molecule has 0 bridgehead atoms. The van der Waals surface area contributed by atoms with Crippen LogP contribution in [0.15, 0.2) is 24.3 Å². The largest absolute Gasteiger partial charge is 0.573 e. The summed E-state index contributed by atoms with van der Waals surface area (Å²) >= 11 is 0. The second-order valence-corrected chi connectivity index (χ2v) is 2.92. The Morgan fingerprint density at radius 2 is 1.81 bits per heavy atom. The Hall–Kier alpha value is -1.76. The van der Waals surface area contributed by atoms with Crippen molar-refractivity contribution >= 4 is 5.91 Å². The molecule has 0 aliphatic rings. The van der Waals surface area contributed by atoms with Gasteiger partial charge in [-0.05, 0) is 17.7 Å². The predicted molar refractivity (Wildman–Crippen MR) is 47.3 cm³/mol. The summed E-state index contributed by atoms with van der Waals surface area (Å²) in [5.41, 5.74) is 4.91. The van der Waals surface area contributed by atoms with Gasteiger partial charge in [-0.3, -0.25) is 4.79 Å². The zero-order valence-corrected chi connectivity index (χ0v) is 7.86. The molecule has 0 fully saturated rings. The monoisotopic (exact) mass is 235 g/mol. The van der Waals surface area contributed by atoms with Crippen molar-refractivity contribution in [1.82, 2.24) is 0 Å². The molecule has 1 atom stereocenters. The number of aliphatic hydroxyl groups excluding tert-OH is 1. The van der Waals surface area contributed by atoms with Crippen molar-refractivity contribution in [3.05, 3.63) is 29.8 Å². The van der Waals surface area contributed by atoms with Gasteiger partial charge in [0.25, 0.3) is 5.91 Å². The molecule has 3 N–H and O–H groups in total. The Morgan fingerprint density at radius 1 is 1.31 bits per heavy atom. The normalized spacial score (nSPS) is 13.2. The molecule has 0 saturated carbocycles. The first-order valence-corrected chi connectivity index (χ1v) is 4.12. The zero-order chi connectivity index (χ0) is 12.3. The van der Waals surface area contributed by atoms with Gasteiger partial charge in [-0.2, -0.15) is 0 Å². The number of nitrogens with two attached hydrogens (primary N) is 1. The molecule has 88 valence electrons. The molecule has 0 heterocycles. The molecule has 4 nitrogen and oxygen atoms in total. The van der Waals surface area contributed by atoms with Crippen molar-refractivity contribution in [1.29, 1.82) is 0 Å². The summed E-state index contributed by atoms with van der Waals surface area (Å²) in [5.74, 6) is -1.42. The maximum atomic E-state index is 11.8. The van der Waals surface area contributed by atoms with Crippen molar-refractivity contribution in [2.45, 2.75) is 12.5 Å². The van der Waals surface area contributed by atoms with Gasteiger partial charge in [-0.1, -0.05) is 12.1 Å². The van der Waals surface area contributed by atoms with E-state index >= 15 is 0 Å². The Balaban J connectivity index is 2.79. The van der Waals surface area contributed by atoms with E-state index in [9.17, 15) is 23.1 Å². The average molecular weight is 235 g/mol. The Kier molecular flexibility index (Phi) is 3.38. The van der Waals surface area contributed by atoms with Gasteiger partial charge in [0.05, 0.1) is 0 Å². The van der Waals surface area contributed by atoms with Crippen molar-refractivity contribution < 1.29 is 27.8 Å². The Morgan fingerprint density at radius 3 is 2.19 bits per heavy atom. The van der Waals surface area contributed by atoms with Gasteiger partial charge in [-0.15, -0.1) is 13.2 Å². The lowest BCUT2D eigenvalue weighted by Gasteiger charge is -2.10. The van der Waals surface area contributed by atoms with E-state index in [0.717, 1.165) is 24.3 Å². The van der Waals surface area contributed by atoms with Crippen LogP contribution in [-0.2, 0) is 4.79 Å². The molecule has 1 aromatic rings. The summed E-state index contributed by atoms with van der Waals surface area (Å²) in [7, 11) is 0. The molecule has 1 amide bonds. The number of hydrogen-bond donors (Lipinski definition) is 2. The molecule has 0 spiro atoms. The van der Waals surface area contributed by atoms with Crippen LogP contribution in [0, 0.1) is 0 Å². The first-order valence-electron chi connectivity index (χ1n) is 4.12. The van der Waals surface area contributed by atoms with Crippen LogP contribution in [0.1, 0.15) is 11.7 Å². The van der Waals surface area contributed by atoms with E-state index in [0.29, 0.717) is 0 Å². The van der Waals surface area contributed by atoms with E-state index < -0.39 is 24.1 Å². The van der Waals surface area contributed by atoms with Crippen molar-refractivity contribution in [3.63, 3.8) is 0 Å². The lowest BCUT2D eigenvalue weighted by molar-refractivity contribution is -0.274. The highest BCUT2D eigenvalue weighted by atomic mass is 19.4. The third kappa shape index (κ3) is 3.43. The predicted octanol–water partition coefficient (Wildman–Crippen LogP) is 1.10. The molecular weight excluding hydrogens is 227 g/mol. The maximum absolute atomic E-state index is 11.8. The number of amides is 1. The van der Waals surface area contributed by atoms with E-state index in [4.69, 9.17) is 5.73 Å². The summed E-state index contributed by atoms with van der Waals surface area (Å²) in [6.07, 6.45) is -6.32. The minimum absolute atomic E-state index is 0.0991. The van der Waals surface area contributed by atoms with Gasteiger partial charge in [0.2, 0.25) is 0 Å². The van der Waals surface area contributed by atoms with E-state index in [2.05, 4.69) is 4.74 Å². The number of carbonyl (C=O) groups excluding carboxylic acids is 1. The van der Waals surface area contributed by atoms with Crippen LogP contribution in [-0.4, -0.2) is 17.4 Å². The van der Waals surface area contributed by atoms with Crippen molar-refractivity contribution in [2.24, 2.45) is 5.73 Å². The van der Waals surface area contributed by atoms with Gasteiger partial charge in [0.15, 0.2) is 6.10 Å². The summed E-state index contributed by atoms with van der Waals surface area (Å²) in [4.78, 5) is 10.6. The molecule has 0 aromatic heterocycles. The number of hydrogen-bond acceptors (Lipinski definition) is 3. The fourth-order valence-corrected chi connectivity index (χ4v) is 1.02. The molecule has 1 rings (SSSR count). The number of alkyl halides is 3. The van der Waals surface area contributed by atoms with Crippen LogP contribution in [0.25, 0.3) is 0 Å². The number of benzene rings is 1. The maximum Gasteiger partial charge on any atom is 0.573 e. The molecule has 0 saturated heterocycles. The minimum atomic E-state index is -4.77. The van der Waals surface area contributed by atoms with E-state index in [1.165, 1.54) is 0 Å². The second kappa shape index (κ2) is 4.40. The highest BCUT2D eigenvalue weighted by Gasteiger charge is 2.31. The first kappa shape index (κ1) is 12.3. The molecule has 7 heteroatoms. The smallest absolute Gasteiger partial charge is 0.406 e. The van der Waals surface area contributed by atoms with E-state index in [1.807, 2.05) is 0 Å². The van der Waals surface area contributed by atoms with Gasteiger partial charge in [-0.25, -0.2) is 0 Å². The minimum Gasteiger partial charge on any atom is -0.406 e. The topological polar surface area (TPSA) is 72.6 Å². The van der Waals surface area contributed by atoms with Gasteiger partial charge in [0, 0.05) is 0 Å².